The number of urea groups is 1. The van der Waals surface area contributed by atoms with Crippen LogP contribution in [0.4, 0.5) is 4.79 Å². The molecule has 6 nitrogen and oxygen atoms in total. The summed E-state index contributed by atoms with van der Waals surface area (Å²) in [6.45, 7) is 5.96. The number of nitrogens with zero attached hydrogens (tertiary/aromatic N) is 3. The summed E-state index contributed by atoms with van der Waals surface area (Å²) in [5.74, 6) is 1.92. The molecule has 2 amide bonds. The summed E-state index contributed by atoms with van der Waals surface area (Å²) < 4.78 is 7.55. The van der Waals surface area contributed by atoms with E-state index in [0.29, 0.717) is 13.1 Å². The van der Waals surface area contributed by atoms with Crippen molar-refractivity contribution in [1.82, 2.24) is 19.8 Å². The van der Waals surface area contributed by atoms with Crippen LogP contribution < -0.4 is 5.32 Å². The lowest BCUT2D eigenvalue weighted by Gasteiger charge is -2.25. The van der Waals surface area contributed by atoms with Crippen molar-refractivity contribution in [2.24, 2.45) is 0 Å². The lowest BCUT2D eigenvalue weighted by atomic mass is 10.2. The molecule has 2 aromatic rings. The molecule has 0 bridgehead atoms. The molecular formula is C17H24N4O2. The second kappa shape index (κ2) is 6.89. The van der Waals surface area contributed by atoms with Crippen molar-refractivity contribution in [1.29, 1.82) is 0 Å². The molecule has 1 N–H and O–H groups in total. The van der Waals surface area contributed by atoms with Crippen LogP contribution in [-0.4, -0.2) is 26.5 Å². The normalized spacial score (nSPS) is 13.9. The molecule has 2 aromatic heterocycles. The maximum absolute atomic E-state index is 12.5. The quantitative estimate of drug-likeness (QED) is 0.922. The fourth-order valence-electron chi connectivity index (χ4n) is 2.88. The van der Waals surface area contributed by atoms with E-state index < -0.39 is 0 Å². The molecule has 0 saturated carbocycles. The Morgan fingerprint density at radius 2 is 2.35 bits per heavy atom. The van der Waals surface area contributed by atoms with Gasteiger partial charge < -0.3 is 19.2 Å². The Balaban J connectivity index is 1.59. The number of nitrogens with one attached hydrogen (secondary N) is 1. The maximum atomic E-state index is 12.5. The Labute approximate surface area is 136 Å². The molecule has 3 rings (SSSR count). The number of hydrogen-bond donors (Lipinski definition) is 1. The third kappa shape index (κ3) is 3.75. The molecule has 0 aliphatic carbocycles. The smallest absolute Gasteiger partial charge is 0.318 e. The molecule has 0 radical (unpaired) electrons. The highest BCUT2D eigenvalue weighted by Gasteiger charge is 2.19. The summed E-state index contributed by atoms with van der Waals surface area (Å²) in [7, 11) is 0. The predicted octanol–water partition coefficient (Wildman–Crippen LogP) is 2.93. The van der Waals surface area contributed by atoms with Crippen LogP contribution in [-0.2, 0) is 26.1 Å². The Morgan fingerprint density at radius 1 is 1.48 bits per heavy atom. The highest BCUT2D eigenvalue weighted by molar-refractivity contribution is 5.74. The molecule has 6 heteroatoms. The van der Waals surface area contributed by atoms with Crippen LogP contribution in [0, 0.1) is 0 Å². The van der Waals surface area contributed by atoms with Crippen molar-refractivity contribution >= 4 is 6.03 Å². The monoisotopic (exact) mass is 316 g/mol. The van der Waals surface area contributed by atoms with Crippen LogP contribution in [0.25, 0.3) is 0 Å². The van der Waals surface area contributed by atoms with Gasteiger partial charge in [-0.3, -0.25) is 0 Å². The van der Waals surface area contributed by atoms with E-state index in [4.69, 9.17) is 4.42 Å². The van der Waals surface area contributed by atoms with Crippen molar-refractivity contribution in [2.45, 2.75) is 58.8 Å². The van der Waals surface area contributed by atoms with Gasteiger partial charge in [-0.1, -0.05) is 0 Å². The third-order valence-electron chi connectivity index (χ3n) is 4.17. The van der Waals surface area contributed by atoms with Crippen LogP contribution in [0.1, 0.15) is 44.0 Å². The second-order valence-electron chi connectivity index (χ2n) is 6.26. The van der Waals surface area contributed by atoms with Crippen LogP contribution in [0.3, 0.4) is 0 Å². The molecule has 124 valence electrons. The number of amides is 2. The molecule has 0 unspecified atom stereocenters. The SMILES string of the molecule is CC(C)N(Cc1ccco1)C(=O)NCc1cn2c(n1)CCCC2. The first-order valence-electron chi connectivity index (χ1n) is 8.25. The summed E-state index contributed by atoms with van der Waals surface area (Å²) in [4.78, 5) is 18.8. The van der Waals surface area contributed by atoms with E-state index in [9.17, 15) is 4.79 Å². The molecule has 0 spiro atoms. The zero-order chi connectivity index (χ0) is 16.2. The topological polar surface area (TPSA) is 63.3 Å². The van der Waals surface area contributed by atoms with Gasteiger partial charge in [-0.05, 0) is 38.8 Å². The largest absolute Gasteiger partial charge is 0.467 e. The summed E-state index contributed by atoms with van der Waals surface area (Å²) in [6, 6.07) is 3.71. The van der Waals surface area contributed by atoms with Gasteiger partial charge in [0.2, 0.25) is 0 Å². The van der Waals surface area contributed by atoms with Gasteiger partial charge in [0.25, 0.3) is 0 Å². The van der Waals surface area contributed by atoms with Crippen LogP contribution in [0.15, 0.2) is 29.0 Å². The van der Waals surface area contributed by atoms with E-state index in [1.807, 2.05) is 26.0 Å². The van der Waals surface area contributed by atoms with Crippen molar-refractivity contribution < 1.29 is 9.21 Å². The maximum Gasteiger partial charge on any atom is 0.318 e. The zero-order valence-electron chi connectivity index (χ0n) is 13.8. The minimum atomic E-state index is -0.0950. The van der Waals surface area contributed by atoms with Crippen molar-refractivity contribution in [3.8, 4) is 0 Å². The lowest BCUT2D eigenvalue weighted by molar-refractivity contribution is 0.173. The highest BCUT2D eigenvalue weighted by atomic mass is 16.3. The molecule has 1 aliphatic rings. The molecule has 0 fully saturated rings. The van der Waals surface area contributed by atoms with Gasteiger partial charge in [-0.2, -0.15) is 0 Å². The van der Waals surface area contributed by atoms with Gasteiger partial charge in [0.1, 0.15) is 11.6 Å². The molecular weight excluding hydrogens is 292 g/mol. The van der Waals surface area contributed by atoms with Gasteiger partial charge in [0, 0.05) is 25.2 Å². The highest BCUT2D eigenvalue weighted by Crippen LogP contribution is 2.15. The Hall–Kier alpha value is -2.24. The van der Waals surface area contributed by atoms with Gasteiger partial charge >= 0.3 is 6.03 Å². The summed E-state index contributed by atoms with van der Waals surface area (Å²) in [6.07, 6.45) is 7.12. The zero-order valence-corrected chi connectivity index (χ0v) is 13.8. The lowest BCUT2D eigenvalue weighted by Crippen LogP contribution is -2.43. The van der Waals surface area contributed by atoms with Crippen LogP contribution in [0.5, 0.6) is 0 Å². The molecule has 0 saturated heterocycles. The van der Waals surface area contributed by atoms with Gasteiger partial charge in [0.05, 0.1) is 25.0 Å². The fourth-order valence-corrected chi connectivity index (χ4v) is 2.88. The summed E-state index contributed by atoms with van der Waals surface area (Å²) in [5.41, 5.74) is 0.928. The predicted molar refractivity (Wildman–Crippen MR) is 86.8 cm³/mol. The third-order valence-corrected chi connectivity index (χ3v) is 4.17. The van der Waals surface area contributed by atoms with Crippen LogP contribution in [0.2, 0.25) is 0 Å². The first-order valence-corrected chi connectivity index (χ1v) is 8.25. The number of imidazole rings is 1. The minimum absolute atomic E-state index is 0.0929. The summed E-state index contributed by atoms with van der Waals surface area (Å²) >= 11 is 0. The number of furan rings is 1. The standard InChI is InChI=1S/C17H24N4O2/c1-13(2)21(12-15-6-5-9-23-15)17(22)18-10-14-11-20-8-4-3-7-16(20)19-14/h5-6,9,11,13H,3-4,7-8,10,12H2,1-2H3,(H,18,22). The van der Waals surface area contributed by atoms with E-state index in [2.05, 4.69) is 21.1 Å². The summed E-state index contributed by atoms with van der Waals surface area (Å²) in [5, 5.41) is 2.97. The Kier molecular flexibility index (Phi) is 4.69. The Morgan fingerprint density at radius 3 is 3.04 bits per heavy atom. The number of fused-ring (bicyclic) bond motifs is 1. The van der Waals surface area contributed by atoms with Gasteiger partial charge in [-0.15, -0.1) is 0 Å². The second-order valence-corrected chi connectivity index (χ2v) is 6.26. The van der Waals surface area contributed by atoms with E-state index in [-0.39, 0.29) is 12.1 Å². The molecule has 23 heavy (non-hydrogen) atoms. The van der Waals surface area contributed by atoms with E-state index in [1.165, 1.54) is 12.8 Å². The number of carbonyl (C=O) groups is 1. The minimum Gasteiger partial charge on any atom is -0.467 e. The van der Waals surface area contributed by atoms with Gasteiger partial charge in [0.15, 0.2) is 0 Å². The van der Waals surface area contributed by atoms with Crippen molar-refractivity contribution in [3.05, 3.63) is 41.9 Å². The van der Waals surface area contributed by atoms with Crippen molar-refractivity contribution in [2.75, 3.05) is 0 Å². The molecule has 0 atom stereocenters. The first-order chi connectivity index (χ1) is 11.1. The molecule has 0 aromatic carbocycles. The number of aromatic nitrogens is 2. The van der Waals surface area contributed by atoms with Crippen molar-refractivity contribution in [3.63, 3.8) is 0 Å². The number of rotatable bonds is 5. The van der Waals surface area contributed by atoms with E-state index in [0.717, 1.165) is 30.2 Å². The first kappa shape index (κ1) is 15.6. The molecule has 1 aliphatic heterocycles. The number of carbonyl (C=O) groups excluding carboxylic acids is 1. The Bertz CT molecular complexity index is 622. The van der Waals surface area contributed by atoms with Crippen LogP contribution >= 0.6 is 0 Å². The number of hydrogen-bond acceptors (Lipinski definition) is 3. The van der Waals surface area contributed by atoms with Gasteiger partial charge in [-0.25, -0.2) is 9.78 Å². The molecule has 3 heterocycles. The van der Waals surface area contributed by atoms with E-state index >= 15 is 0 Å². The van der Waals surface area contributed by atoms with E-state index in [1.54, 1.807) is 11.2 Å². The number of aryl methyl sites for hydroxylation is 2. The average molecular weight is 316 g/mol. The fraction of sp³-hybridized carbons (Fsp3) is 0.529. The average Bonchev–Trinajstić information content (AvgIpc) is 3.18.